The Morgan fingerprint density at radius 3 is 2.50 bits per heavy atom. The predicted molar refractivity (Wildman–Crippen MR) is 90.0 cm³/mol. The first-order valence-corrected chi connectivity index (χ1v) is 8.18. The van der Waals surface area contributed by atoms with E-state index in [-0.39, 0.29) is 11.9 Å². The molecule has 24 heavy (non-hydrogen) atoms. The molecule has 130 valence electrons. The lowest BCUT2D eigenvalue weighted by Crippen LogP contribution is -2.50. The van der Waals surface area contributed by atoms with E-state index in [0.717, 1.165) is 0 Å². The van der Waals surface area contributed by atoms with E-state index < -0.39 is 6.09 Å². The largest absolute Gasteiger partial charge is 0.416 e. The second-order valence-electron chi connectivity index (χ2n) is 5.35. The number of likely N-dealkylation sites (tertiary alicyclic amines) is 1. The molecule has 0 atom stereocenters. The summed E-state index contributed by atoms with van der Waals surface area (Å²) in [4.78, 5) is 13.6. The average molecular weight is 334 g/mol. The lowest BCUT2D eigenvalue weighted by Gasteiger charge is -2.40. The molecule has 0 saturated carbocycles. The van der Waals surface area contributed by atoms with Crippen LogP contribution in [0.5, 0.6) is 5.75 Å². The number of nitrogens with zero attached hydrogens (tertiary/aromatic N) is 1. The Balaban J connectivity index is 0.00000100. The molecule has 3 rings (SSSR count). The molecule has 1 heterocycles. The zero-order chi connectivity index (χ0) is 17.5. The van der Waals surface area contributed by atoms with E-state index in [1.54, 1.807) is 24.3 Å². The number of para-hydroxylation sites is 1. The Hall–Kier alpha value is -2.34. The molecule has 0 radical (unpaired) electrons. The van der Waals surface area contributed by atoms with Gasteiger partial charge < -0.3 is 14.7 Å². The van der Waals surface area contributed by atoms with Gasteiger partial charge in [-0.05, 0) is 31.1 Å². The van der Waals surface area contributed by atoms with Gasteiger partial charge in [0.2, 0.25) is 0 Å². The molecular formula is C18H23FN2O3. The van der Waals surface area contributed by atoms with E-state index in [1.165, 1.54) is 6.08 Å². The van der Waals surface area contributed by atoms with Gasteiger partial charge in [0.15, 0.2) is 0 Å². The number of carbonyl (C=O) groups excluding carboxylic acids is 1. The first-order valence-electron chi connectivity index (χ1n) is 8.18. The maximum absolute atomic E-state index is 14.1. The van der Waals surface area contributed by atoms with Crippen LogP contribution in [0.4, 0.5) is 9.18 Å². The van der Waals surface area contributed by atoms with Gasteiger partial charge in [0.05, 0.1) is 11.8 Å². The number of allylic oxidation sites excluding steroid dienone is 4. The molecule has 1 amide bonds. The lowest BCUT2D eigenvalue weighted by atomic mass is 10.0. The second kappa shape index (κ2) is 8.49. The van der Waals surface area contributed by atoms with Crippen LogP contribution in [0.2, 0.25) is 0 Å². The first-order chi connectivity index (χ1) is 11.6. The van der Waals surface area contributed by atoms with Gasteiger partial charge in [0.25, 0.3) is 0 Å². The molecule has 1 saturated heterocycles. The third-order valence-electron chi connectivity index (χ3n) is 3.67. The zero-order valence-corrected chi connectivity index (χ0v) is 14.0. The molecule has 0 bridgehead atoms. The Kier molecular flexibility index (Phi) is 6.37. The minimum Gasteiger partial charge on any atom is -0.410 e. The van der Waals surface area contributed by atoms with Crippen molar-refractivity contribution in [2.45, 2.75) is 32.8 Å². The van der Waals surface area contributed by atoms with Crippen molar-refractivity contribution in [1.29, 1.82) is 0 Å². The number of carbonyl (C=O) groups is 1. The van der Waals surface area contributed by atoms with Crippen molar-refractivity contribution in [3.05, 3.63) is 53.6 Å². The van der Waals surface area contributed by atoms with Crippen LogP contribution in [0.1, 0.15) is 26.7 Å². The number of aliphatic hydroxyl groups is 1. The summed E-state index contributed by atoms with van der Waals surface area (Å²) >= 11 is 0. The predicted octanol–water partition coefficient (Wildman–Crippen LogP) is 3.34. The number of ether oxygens (including phenoxy) is 1. The number of nitrogens with one attached hydrogen (secondary N) is 1. The summed E-state index contributed by atoms with van der Waals surface area (Å²) in [5.41, 5.74) is 1.08. The molecule has 1 aliphatic carbocycles. The van der Waals surface area contributed by atoms with Crippen LogP contribution in [0.25, 0.3) is 0 Å². The highest BCUT2D eigenvalue weighted by Gasteiger charge is 2.29. The molecule has 1 aromatic rings. The highest BCUT2D eigenvalue weighted by atomic mass is 19.1. The summed E-state index contributed by atoms with van der Waals surface area (Å²) in [6, 6.07) is 8.69. The Bertz CT molecular complexity index is 622. The second-order valence-corrected chi connectivity index (χ2v) is 5.35. The van der Waals surface area contributed by atoms with Crippen molar-refractivity contribution in [2.75, 3.05) is 13.1 Å². The number of β-amino-alcohol motifs (C(OH)–C–C–N with tert-alkyl or cyclic N) is 1. The quantitative estimate of drug-likeness (QED) is 0.890. The van der Waals surface area contributed by atoms with Crippen molar-refractivity contribution >= 4 is 6.09 Å². The summed E-state index contributed by atoms with van der Waals surface area (Å²) in [7, 11) is 0. The fourth-order valence-electron chi connectivity index (χ4n) is 2.52. The maximum Gasteiger partial charge on any atom is 0.416 e. The van der Waals surface area contributed by atoms with E-state index in [1.807, 2.05) is 24.8 Å². The van der Waals surface area contributed by atoms with Crippen LogP contribution < -0.4 is 10.1 Å². The van der Waals surface area contributed by atoms with Crippen molar-refractivity contribution in [3.8, 4) is 5.75 Å². The van der Waals surface area contributed by atoms with E-state index in [2.05, 4.69) is 5.32 Å². The first kappa shape index (κ1) is 18.0. The standard InChI is InChI=1S/C16H17FN2O3.C2H6/c17-14-8-11(6-7-15(14)19-9-12(20)10-19)18-16(21)22-13-4-2-1-3-5-13;1-2/h1-5,8,12,20H,6-7,9-10H2,(H,18,21);1-2H3. The normalized spacial score (nSPS) is 17.3. The summed E-state index contributed by atoms with van der Waals surface area (Å²) in [5, 5.41) is 11.8. The van der Waals surface area contributed by atoms with E-state index >= 15 is 0 Å². The van der Waals surface area contributed by atoms with Crippen LogP contribution >= 0.6 is 0 Å². The molecule has 1 fully saturated rings. The van der Waals surface area contributed by atoms with Crippen LogP contribution in [-0.2, 0) is 0 Å². The van der Waals surface area contributed by atoms with Crippen LogP contribution in [0.3, 0.4) is 0 Å². The molecule has 0 unspecified atom stereocenters. The molecule has 5 nitrogen and oxygen atoms in total. The van der Waals surface area contributed by atoms with E-state index in [9.17, 15) is 14.3 Å². The third kappa shape index (κ3) is 4.58. The zero-order valence-electron chi connectivity index (χ0n) is 14.0. The Morgan fingerprint density at radius 2 is 1.92 bits per heavy atom. The van der Waals surface area contributed by atoms with Gasteiger partial charge in [-0.1, -0.05) is 32.0 Å². The number of hydrogen-bond donors (Lipinski definition) is 2. The smallest absolute Gasteiger partial charge is 0.410 e. The maximum atomic E-state index is 14.1. The molecule has 0 aromatic heterocycles. The van der Waals surface area contributed by atoms with Crippen molar-refractivity contribution in [3.63, 3.8) is 0 Å². The SMILES string of the molecule is CC.O=C(NC1=CC(F)=C(N2CC(O)C2)CC1)Oc1ccccc1. The Labute approximate surface area is 141 Å². The van der Waals surface area contributed by atoms with Gasteiger partial charge in [-0.25, -0.2) is 9.18 Å². The number of amides is 1. The highest BCUT2D eigenvalue weighted by molar-refractivity contribution is 5.72. The van der Waals surface area contributed by atoms with E-state index in [0.29, 0.717) is 43.1 Å². The lowest BCUT2D eigenvalue weighted by molar-refractivity contribution is 0.0205. The van der Waals surface area contributed by atoms with Crippen molar-refractivity contribution < 1.29 is 19.0 Å². The molecule has 2 aliphatic rings. The minimum atomic E-state index is -0.631. The number of rotatable bonds is 3. The minimum absolute atomic E-state index is 0.367. The van der Waals surface area contributed by atoms with Gasteiger partial charge in [-0.2, -0.15) is 0 Å². The van der Waals surface area contributed by atoms with Gasteiger partial charge in [-0.15, -0.1) is 0 Å². The molecule has 1 aromatic carbocycles. The van der Waals surface area contributed by atoms with E-state index in [4.69, 9.17) is 4.74 Å². The fraction of sp³-hybridized carbons (Fsp3) is 0.389. The van der Waals surface area contributed by atoms with Crippen LogP contribution in [-0.4, -0.2) is 35.3 Å². The highest BCUT2D eigenvalue weighted by Crippen LogP contribution is 2.29. The number of hydrogen-bond acceptors (Lipinski definition) is 4. The monoisotopic (exact) mass is 334 g/mol. The molecule has 0 spiro atoms. The average Bonchev–Trinajstić information content (AvgIpc) is 2.55. The van der Waals surface area contributed by atoms with Gasteiger partial charge in [0.1, 0.15) is 11.6 Å². The van der Waals surface area contributed by atoms with Crippen molar-refractivity contribution in [2.24, 2.45) is 0 Å². The summed E-state index contributed by atoms with van der Waals surface area (Å²) < 4.78 is 19.2. The fourth-order valence-corrected chi connectivity index (χ4v) is 2.52. The van der Waals surface area contributed by atoms with Crippen molar-refractivity contribution in [1.82, 2.24) is 10.2 Å². The summed E-state index contributed by atoms with van der Waals surface area (Å²) in [6.45, 7) is 4.94. The number of aliphatic hydroxyl groups excluding tert-OH is 1. The molecule has 6 heteroatoms. The van der Waals surface area contributed by atoms with Crippen LogP contribution in [0.15, 0.2) is 53.6 Å². The Morgan fingerprint density at radius 1 is 1.25 bits per heavy atom. The molecule has 2 N–H and O–H groups in total. The van der Waals surface area contributed by atoms with Gasteiger partial charge >= 0.3 is 6.09 Å². The molecular weight excluding hydrogens is 311 g/mol. The van der Waals surface area contributed by atoms with Gasteiger partial charge in [-0.3, -0.25) is 5.32 Å². The number of benzene rings is 1. The van der Waals surface area contributed by atoms with Gasteiger partial charge in [0, 0.05) is 18.8 Å². The van der Waals surface area contributed by atoms with Crippen LogP contribution in [0, 0.1) is 0 Å². The topological polar surface area (TPSA) is 61.8 Å². The summed E-state index contributed by atoms with van der Waals surface area (Å²) in [5.74, 6) is 0.0656. The summed E-state index contributed by atoms with van der Waals surface area (Å²) in [6.07, 6.45) is 1.34. The molecule has 1 aliphatic heterocycles. The number of halogens is 1. The third-order valence-corrected chi connectivity index (χ3v) is 3.67.